The van der Waals surface area contributed by atoms with Crippen LogP contribution in [-0.4, -0.2) is 23.8 Å². The molecule has 0 aromatic heterocycles. The van der Waals surface area contributed by atoms with Crippen molar-refractivity contribution in [3.05, 3.63) is 0 Å². The topological polar surface area (TPSA) is 32.3 Å². The predicted molar refractivity (Wildman–Crippen MR) is 48.7 cm³/mol. The average molecular weight is 159 g/mol. The third-order valence-corrected chi connectivity index (χ3v) is 2.25. The zero-order valence-electron chi connectivity index (χ0n) is 7.98. The van der Waals surface area contributed by atoms with Crippen molar-refractivity contribution >= 4 is 0 Å². The molecule has 68 valence electrons. The lowest BCUT2D eigenvalue weighted by atomic mass is 9.95. The quantitative estimate of drug-likeness (QED) is 0.616. The van der Waals surface area contributed by atoms with E-state index in [2.05, 4.69) is 26.1 Å². The Balaban J connectivity index is 3.68. The molecule has 0 spiro atoms. The highest BCUT2D eigenvalue weighted by atomic mass is 16.3. The monoisotopic (exact) mass is 159 g/mol. The summed E-state index contributed by atoms with van der Waals surface area (Å²) in [5.41, 5.74) is 0.144. The molecule has 0 aliphatic heterocycles. The lowest BCUT2D eigenvalue weighted by molar-refractivity contribution is 0.216. The standard InChI is InChI=1S/C9H21NO/c1-4-7-10-9(3,5-2)6-8-11/h10-11H,4-8H2,1-3H3. The van der Waals surface area contributed by atoms with E-state index in [9.17, 15) is 0 Å². The number of rotatable bonds is 6. The lowest BCUT2D eigenvalue weighted by Gasteiger charge is -2.28. The van der Waals surface area contributed by atoms with Crippen LogP contribution in [0.15, 0.2) is 0 Å². The molecule has 2 nitrogen and oxygen atoms in total. The first kappa shape index (κ1) is 10.9. The summed E-state index contributed by atoms with van der Waals surface area (Å²) in [6.45, 7) is 7.80. The highest BCUT2D eigenvalue weighted by Gasteiger charge is 2.19. The molecule has 2 heteroatoms. The molecule has 1 atom stereocenters. The Bertz CT molecular complexity index is 95.6. The van der Waals surface area contributed by atoms with Crippen molar-refractivity contribution in [2.75, 3.05) is 13.2 Å². The van der Waals surface area contributed by atoms with Gasteiger partial charge in [0.15, 0.2) is 0 Å². The van der Waals surface area contributed by atoms with Gasteiger partial charge >= 0.3 is 0 Å². The van der Waals surface area contributed by atoms with Gasteiger partial charge in [-0.1, -0.05) is 13.8 Å². The summed E-state index contributed by atoms with van der Waals surface area (Å²) >= 11 is 0. The number of hydrogen-bond acceptors (Lipinski definition) is 2. The molecular weight excluding hydrogens is 138 g/mol. The Kier molecular flexibility index (Phi) is 5.51. The van der Waals surface area contributed by atoms with Crippen molar-refractivity contribution in [3.8, 4) is 0 Å². The van der Waals surface area contributed by atoms with E-state index in [1.54, 1.807) is 0 Å². The van der Waals surface area contributed by atoms with E-state index in [4.69, 9.17) is 5.11 Å². The predicted octanol–water partition coefficient (Wildman–Crippen LogP) is 1.54. The molecule has 0 saturated carbocycles. The summed E-state index contributed by atoms with van der Waals surface area (Å²) in [5, 5.41) is 12.2. The maximum Gasteiger partial charge on any atom is 0.0448 e. The molecule has 0 saturated heterocycles. The fraction of sp³-hybridized carbons (Fsp3) is 1.00. The number of aliphatic hydroxyl groups excluding tert-OH is 1. The molecular formula is C9H21NO. The van der Waals surface area contributed by atoms with Crippen LogP contribution in [0.2, 0.25) is 0 Å². The molecule has 0 bridgehead atoms. The second-order valence-corrected chi connectivity index (χ2v) is 3.31. The first-order chi connectivity index (χ1) is 5.18. The van der Waals surface area contributed by atoms with Crippen LogP contribution in [0.25, 0.3) is 0 Å². The average Bonchev–Trinajstić information content (AvgIpc) is 2.02. The van der Waals surface area contributed by atoms with Crippen LogP contribution >= 0.6 is 0 Å². The van der Waals surface area contributed by atoms with Crippen LogP contribution in [0.3, 0.4) is 0 Å². The van der Waals surface area contributed by atoms with Gasteiger partial charge in [0.25, 0.3) is 0 Å². The smallest absolute Gasteiger partial charge is 0.0448 e. The maximum absolute atomic E-state index is 8.79. The molecule has 2 N–H and O–H groups in total. The van der Waals surface area contributed by atoms with Crippen molar-refractivity contribution in [2.24, 2.45) is 0 Å². The van der Waals surface area contributed by atoms with E-state index in [0.717, 1.165) is 25.8 Å². The second-order valence-electron chi connectivity index (χ2n) is 3.31. The van der Waals surface area contributed by atoms with Gasteiger partial charge in [-0.3, -0.25) is 0 Å². The third kappa shape index (κ3) is 4.38. The number of aliphatic hydroxyl groups is 1. The molecule has 0 fully saturated rings. The highest BCUT2D eigenvalue weighted by Crippen LogP contribution is 2.13. The second kappa shape index (κ2) is 5.56. The summed E-state index contributed by atoms with van der Waals surface area (Å²) in [6.07, 6.45) is 3.08. The van der Waals surface area contributed by atoms with Gasteiger partial charge in [0.05, 0.1) is 0 Å². The fourth-order valence-corrected chi connectivity index (χ4v) is 1.06. The van der Waals surface area contributed by atoms with Gasteiger partial charge in [-0.25, -0.2) is 0 Å². The molecule has 1 unspecified atom stereocenters. The van der Waals surface area contributed by atoms with Crippen LogP contribution < -0.4 is 5.32 Å². The van der Waals surface area contributed by atoms with E-state index in [-0.39, 0.29) is 12.1 Å². The van der Waals surface area contributed by atoms with Crippen LogP contribution in [0.4, 0.5) is 0 Å². The summed E-state index contributed by atoms with van der Waals surface area (Å²) in [5.74, 6) is 0. The maximum atomic E-state index is 8.79. The van der Waals surface area contributed by atoms with Gasteiger partial charge in [0, 0.05) is 12.1 Å². The third-order valence-electron chi connectivity index (χ3n) is 2.25. The normalized spacial score (nSPS) is 16.4. The Morgan fingerprint density at radius 1 is 1.36 bits per heavy atom. The molecule has 0 amide bonds. The first-order valence-corrected chi connectivity index (χ1v) is 4.54. The van der Waals surface area contributed by atoms with Crippen molar-refractivity contribution in [2.45, 2.75) is 45.6 Å². The Hall–Kier alpha value is -0.0800. The van der Waals surface area contributed by atoms with E-state index in [0.29, 0.717) is 0 Å². The van der Waals surface area contributed by atoms with Crippen LogP contribution in [0.1, 0.15) is 40.0 Å². The van der Waals surface area contributed by atoms with Crippen molar-refractivity contribution in [1.82, 2.24) is 5.32 Å². The Labute approximate surface area is 70.0 Å². The van der Waals surface area contributed by atoms with Crippen LogP contribution in [0, 0.1) is 0 Å². The van der Waals surface area contributed by atoms with Gasteiger partial charge in [0.2, 0.25) is 0 Å². The molecule has 0 aliphatic carbocycles. The van der Waals surface area contributed by atoms with Gasteiger partial charge in [-0.2, -0.15) is 0 Å². The van der Waals surface area contributed by atoms with Gasteiger partial charge in [-0.15, -0.1) is 0 Å². The fourth-order valence-electron chi connectivity index (χ4n) is 1.06. The molecule has 0 radical (unpaired) electrons. The Morgan fingerprint density at radius 2 is 2.00 bits per heavy atom. The Morgan fingerprint density at radius 3 is 2.36 bits per heavy atom. The van der Waals surface area contributed by atoms with E-state index < -0.39 is 0 Å². The lowest BCUT2D eigenvalue weighted by Crippen LogP contribution is -2.42. The van der Waals surface area contributed by atoms with Gasteiger partial charge in [-0.05, 0) is 32.7 Å². The van der Waals surface area contributed by atoms with Crippen molar-refractivity contribution in [3.63, 3.8) is 0 Å². The minimum Gasteiger partial charge on any atom is -0.396 e. The summed E-state index contributed by atoms with van der Waals surface area (Å²) < 4.78 is 0. The summed E-state index contributed by atoms with van der Waals surface area (Å²) in [7, 11) is 0. The molecule has 0 aromatic rings. The number of hydrogen-bond donors (Lipinski definition) is 2. The molecule has 0 aromatic carbocycles. The molecule has 0 aliphatic rings. The molecule has 0 rings (SSSR count). The number of nitrogens with one attached hydrogen (secondary N) is 1. The zero-order valence-corrected chi connectivity index (χ0v) is 7.98. The van der Waals surface area contributed by atoms with Gasteiger partial charge < -0.3 is 10.4 Å². The molecule has 0 heterocycles. The summed E-state index contributed by atoms with van der Waals surface area (Å²) in [4.78, 5) is 0. The largest absolute Gasteiger partial charge is 0.396 e. The minimum absolute atomic E-state index is 0.144. The minimum atomic E-state index is 0.144. The zero-order chi connectivity index (χ0) is 8.74. The van der Waals surface area contributed by atoms with Crippen molar-refractivity contribution < 1.29 is 5.11 Å². The van der Waals surface area contributed by atoms with E-state index in [1.807, 2.05) is 0 Å². The van der Waals surface area contributed by atoms with Crippen molar-refractivity contribution in [1.29, 1.82) is 0 Å². The van der Waals surface area contributed by atoms with Crippen LogP contribution in [-0.2, 0) is 0 Å². The van der Waals surface area contributed by atoms with Crippen LogP contribution in [0.5, 0.6) is 0 Å². The van der Waals surface area contributed by atoms with E-state index in [1.165, 1.54) is 0 Å². The van der Waals surface area contributed by atoms with E-state index >= 15 is 0 Å². The van der Waals surface area contributed by atoms with Gasteiger partial charge in [0.1, 0.15) is 0 Å². The highest BCUT2D eigenvalue weighted by molar-refractivity contribution is 4.80. The SMILES string of the molecule is CCCNC(C)(CC)CCO. The summed E-state index contributed by atoms with van der Waals surface area (Å²) in [6, 6.07) is 0. The molecule has 11 heavy (non-hydrogen) atoms. The first-order valence-electron chi connectivity index (χ1n) is 4.54.